The van der Waals surface area contributed by atoms with Crippen LogP contribution >= 0.6 is 0 Å². The lowest BCUT2D eigenvalue weighted by atomic mass is 9.93. The summed E-state index contributed by atoms with van der Waals surface area (Å²) in [6, 6.07) is 4.57. The van der Waals surface area contributed by atoms with Gasteiger partial charge in [0.25, 0.3) is 0 Å². The fourth-order valence-electron chi connectivity index (χ4n) is 4.44. The van der Waals surface area contributed by atoms with Crippen molar-refractivity contribution in [3.63, 3.8) is 0 Å². The van der Waals surface area contributed by atoms with Crippen LogP contribution in [0.2, 0.25) is 0 Å². The van der Waals surface area contributed by atoms with Crippen molar-refractivity contribution in [3.05, 3.63) is 36.9 Å². The average molecular weight is 450 g/mol. The van der Waals surface area contributed by atoms with Gasteiger partial charge in [-0.1, -0.05) is 0 Å². The second kappa shape index (κ2) is 9.74. The van der Waals surface area contributed by atoms with Crippen LogP contribution in [0, 0.1) is 0 Å². The molecule has 0 atom stereocenters. The number of morpholine rings is 1. The van der Waals surface area contributed by atoms with Gasteiger partial charge in [0.2, 0.25) is 5.95 Å². The lowest BCUT2D eigenvalue weighted by molar-refractivity contribution is 0.122. The van der Waals surface area contributed by atoms with Crippen LogP contribution in [0.1, 0.15) is 25.7 Å². The minimum absolute atomic E-state index is 0.158. The summed E-state index contributed by atoms with van der Waals surface area (Å²) in [5.41, 5.74) is 3.80. The molecule has 1 aliphatic carbocycles. The number of anilines is 3. The quantitative estimate of drug-likeness (QED) is 0.610. The van der Waals surface area contributed by atoms with Crippen LogP contribution in [-0.4, -0.2) is 72.5 Å². The summed E-state index contributed by atoms with van der Waals surface area (Å²) in [7, 11) is 3.97. The van der Waals surface area contributed by atoms with E-state index in [2.05, 4.69) is 42.3 Å². The fourth-order valence-corrected chi connectivity index (χ4v) is 4.44. The molecule has 2 fully saturated rings. The van der Waals surface area contributed by atoms with Crippen molar-refractivity contribution in [2.24, 2.45) is 0 Å². The van der Waals surface area contributed by atoms with Crippen LogP contribution in [-0.2, 0) is 4.74 Å². The van der Waals surface area contributed by atoms with Crippen molar-refractivity contribution in [1.82, 2.24) is 19.9 Å². The number of rotatable bonds is 6. The summed E-state index contributed by atoms with van der Waals surface area (Å²) in [5.74, 6) is 1.51. The Morgan fingerprint density at radius 2 is 1.70 bits per heavy atom. The highest BCUT2D eigenvalue weighted by Gasteiger charge is 2.24. The maximum Gasteiger partial charge on any atom is 0.222 e. The SMILES string of the molecule is CN(C)c1cnc(NC2CCC(Oc3cc(N4CCOCC4)cc4nccnc34)CC2)nc1. The van der Waals surface area contributed by atoms with Gasteiger partial charge in [-0.25, -0.2) is 15.0 Å². The zero-order valence-electron chi connectivity index (χ0n) is 19.3. The Morgan fingerprint density at radius 1 is 0.970 bits per heavy atom. The normalized spacial score (nSPS) is 21.1. The third-order valence-corrected chi connectivity index (χ3v) is 6.36. The van der Waals surface area contributed by atoms with Crippen molar-refractivity contribution in [2.75, 3.05) is 55.5 Å². The molecule has 3 aromatic rings. The van der Waals surface area contributed by atoms with Crippen molar-refractivity contribution in [3.8, 4) is 5.75 Å². The second-order valence-corrected chi connectivity index (χ2v) is 8.86. The van der Waals surface area contributed by atoms with Gasteiger partial charge >= 0.3 is 0 Å². The van der Waals surface area contributed by atoms with Gasteiger partial charge in [0, 0.05) is 57.4 Å². The van der Waals surface area contributed by atoms with Crippen molar-refractivity contribution < 1.29 is 9.47 Å². The number of ether oxygens (including phenoxy) is 2. The molecule has 174 valence electrons. The van der Waals surface area contributed by atoms with Gasteiger partial charge < -0.3 is 24.6 Å². The molecule has 2 aliphatic rings. The number of nitrogens with one attached hydrogen (secondary N) is 1. The minimum Gasteiger partial charge on any atom is -0.488 e. The van der Waals surface area contributed by atoms with E-state index in [-0.39, 0.29) is 6.10 Å². The third-order valence-electron chi connectivity index (χ3n) is 6.36. The van der Waals surface area contributed by atoms with Crippen molar-refractivity contribution in [2.45, 2.75) is 37.8 Å². The standard InChI is InChI=1S/C24H31N7O2/c1-30(2)19-15-27-24(28-16-19)29-17-3-5-20(6-4-17)33-22-14-18(31-9-11-32-12-10-31)13-21-23(22)26-8-7-25-21/h7-8,13-17,20H,3-6,9-12H2,1-2H3,(H,27,28,29). The lowest BCUT2D eigenvalue weighted by Gasteiger charge is -2.31. The summed E-state index contributed by atoms with van der Waals surface area (Å²) >= 11 is 0. The van der Waals surface area contributed by atoms with Crippen LogP contribution in [0.3, 0.4) is 0 Å². The molecule has 1 aromatic carbocycles. The largest absolute Gasteiger partial charge is 0.488 e. The van der Waals surface area contributed by atoms with Crippen molar-refractivity contribution in [1.29, 1.82) is 0 Å². The summed E-state index contributed by atoms with van der Waals surface area (Å²) in [4.78, 5) is 22.3. The smallest absolute Gasteiger partial charge is 0.222 e. The fraction of sp³-hybridized carbons (Fsp3) is 0.500. The van der Waals surface area contributed by atoms with E-state index in [0.717, 1.165) is 80.1 Å². The van der Waals surface area contributed by atoms with Gasteiger partial charge in [-0.2, -0.15) is 0 Å². The summed E-state index contributed by atoms with van der Waals surface area (Å²) in [6.45, 7) is 3.24. The number of hydrogen-bond donors (Lipinski definition) is 1. The molecule has 9 heteroatoms. The van der Waals surface area contributed by atoms with Gasteiger partial charge in [0.15, 0.2) is 0 Å². The Hall–Kier alpha value is -3.20. The molecule has 9 nitrogen and oxygen atoms in total. The van der Waals surface area contributed by atoms with E-state index in [9.17, 15) is 0 Å². The molecule has 0 bridgehead atoms. The van der Waals surface area contributed by atoms with E-state index in [1.165, 1.54) is 0 Å². The van der Waals surface area contributed by atoms with E-state index in [1.807, 2.05) is 31.4 Å². The van der Waals surface area contributed by atoms with E-state index in [1.54, 1.807) is 12.4 Å². The predicted octanol–water partition coefficient (Wildman–Crippen LogP) is 3.12. The van der Waals surface area contributed by atoms with E-state index in [0.29, 0.717) is 12.0 Å². The number of benzene rings is 1. The Morgan fingerprint density at radius 3 is 2.42 bits per heavy atom. The van der Waals surface area contributed by atoms with Crippen LogP contribution < -0.4 is 19.9 Å². The van der Waals surface area contributed by atoms with E-state index < -0.39 is 0 Å². The minimum atomic E-state index is 0.158. The maximum absolute atomic E-state index is 6.52. The molecule has 1 saturated carbocycles. The Bertz CT molecular complexity index is 1060. The molecule has 1 saturated heterocycles. The topological polar surface area (TPSA) is 88.5 Å². The molecule has 2 aromatic heterocycles. The second-order valence-electron chi connectivity index (χ2n) is 8.86. The molecule has 33 heavy (non-hydrogen) atoms. The zero-order valence-corrected chi connectivity index (χ0v) is 19.3. The molecule has 1 N–H and O–H groups in total. The number of nitrogens with zero attached hydrogens (tertiary/aromatic N) is 6. The van der Waals surface area contributed by atoms with Crippen LogP contribution in [0.4, 0.5) is 17.3 Å². The van der Waals surface area contributed by atoms with Crippen LogP contribution in [0.5, 0.6) is 5.75 Å². The van der Waals surface area contributed by atoms with Gasteiger partial charge in [0.1, 0.15) is 11.3 Å². The third kappa shape index (κ3) is 5.08. The molecular weight excluding hydrogens is 418 g/mol. The Balaban J connectivity index is 1.24. The Labute approximate surface area is 194 Å². The highest BCUT2D eigenvalue weighted by Crippen LogP contribution is 2.33. The highest BCUT2D eigenvalue weighted by molar-refractivity contribution is 5.85. The first-order valence-electron chi connectivity index (χ1n) is 11.7. The van der Waals surface area contributed by atoms with Crippen molar-refractivity contribution >= 4 is 28.4 Å². The number of fused-ring (bicyclic) bond motifs is 1. The zero-order chi connectivity index (χ0) is 22.6. The molecule has 0 amide bonds. The van der Waals surface area contributed by atoms with Gasteiger partial charge in [-0.05, 0) is 31.7 Å². The lowest BCUT2D eigenvalue weighted by Crippen LogP contribution is -2.36. The molecular formula is C24H31N7O2. The monoisotopic (exact) mass is 449 g/mol. The number of aromatic nitrogens is 4. The molecule has 5 rings (SSSR count). The van der Waals surface area contributed by atoms with Gasteiger partial charge in [0.05, 0.1) is 42.9 Å². The summed E-state index contributed by atoms with van der Waals surface area (Å²) in [5, 5.41) is 3.48. The van der Waals surface area contributed by atoms with E-state index in [4.69, 9.17) is 9.47 Å². The van der Waals surface area contributed by atoms with Crippen LogP contribution in [0.15, 0.2) is 36.9 Å². The molecule has 0 spiro atoms. The summed E-state index contributed by atoms with van der Waals surface area (Å²) in [6.07, 6.45) is 11.3. The molecule has 3 heterocycles. The average Bonchev–Trinajstić information content (AvgIpc) is 2.86. The number of hydrogen-bond acceptors (Lipinski definition) is 9. The molecule has 0 unspecified atom stereocenters. The first-order chi connectivity index (χ1) is 16.2. The predicted molar refractivity (Wildman–Crippen MR) is 129 cm³/mol. The molecule has 1 aliphatic heterocycles. The Kier molecular flexibility index (Phi) is 6.39. The highest BCUT2D eigenvalue weighted by atomic mass is 16.5. The first kappa shape index (κ1) is 21.6. The van der Waals surface area contributed by atoms with Crippen LogP contribution in [0.25, 0.3) is 11.0 Å². The maximum atomic E-state index is 6.52. The van der Waals surface area contributed by atoms with Gasteiger partial charge in [-0.15, -0.1) is 0 Å². The van der Waals surface area contributed by atoms with Gasteiger partial charge in [-0.3, -0.25) is 4.98 Å². The molecule has 0 radical (unpaired) electrons. The van der Waals surface area contributed by atoms with E-state index >= 15 is 0 Å². The summed E-state index contributed by atoms with van der Waals surface area (Å²) < 4.78 is 12.0. The first-order valence-corrected chi connectivity index (χ1v) is 11.7.